The lowest BCUT2D eigenvalue weighted by molar-refractivity contribution is 0.400. The Morgan fingerprint density at radius 3 is 2.00 bits per heavy atom. The van der Waals surface area contributed by atoms with E-state index in [2.05, 4.69) is 73.6 Å². The first kappa shape index (κ1) is 24.4. The van der Waals surface area contributed by atoms with Crippen molar-refractivity contribution in [1.82, 2.24) is 4.90 Å². The number of hydrogen-bond acceptors (Lipinski definition) is 5. The zero-order valence-electron chi connectivity index (χ0n) is 22.4. The number of hydrogen-bond donors (Lipinski definition) is 4. The summed E-state index contributed by atoms with van der Waals surface area (Å²) in [6.45, 7) is 1.02. The molecular weight excluding hydrogens is 466 g/mol. The Kier molecular flexibility index (Phi) is 6.04. The van der Waals surface area contributed by atoms with Crippen molar-refractivity contribution in [3.8, 4) is 22.3 Å². The molecule has 4 aromatic carbocycles. The van der Waals surface area contributed by atoms with Crippen molar-refractivity contribution in [2.75, 3.05) is 43.6 Å². The van der Waals surface area contributed by atoms with E-state index in [1.54, 1.807) is 0 Å². The maximum Gasteiger partial charge on any atom is 0.0593 e. The Balaban J connectivity index is 1.41. The summed E-state index contributed by atoms with van der Waals surface area (Å²) >= 11 is 0. The molecule has 0 bridgehead atoms. The summed E-state index contributed by atoms with van der Waals surface area (Å²) in [4.78, 5) is 2.24. The first-order valence-electron chi connectivity index (χ1n) is 13.6. The van der Waals surface area contributed by atoms with Crippen molar-refractivity contribution >= 4 is 22.7 Å². The van der Waals surface area contributed by atoms with Crippen LogP contribution in [0.1, 0.15) is 45.4 Å². The van der Waals surface area contributed by atoms with Gasteiger partial charge in [-0.3, -0.25) is 0 Å². The van der Waals surface area contributed by atoms with E-state index in [9.17, 15) is 0 Å². The Hall–Kier alpha value is -3.96. The molecule has 8 N–H and O–H groups in total. The highest BCUT2D eigenvalue weighted by atomic mass is 15.0. The third-order valence-electron chi connectivity index (χ3n) is 8.52. The van der Waals surface area contributed by atoms with Crippen LogP contribution < -0.4 is 22.9 Å². The van der Waals surface area contributed by atoms with Crippen LogP contribution in [0.5, 0.6) is 0 Å². The minimum Gasteiger partial charge on any atom is -0.397 e. The smallest absolute Gasteiger partial charge is 0.0593 e. The Labute approximate surface area is 225 Å². The molecular formula is C33H37N5. The van der Waals surface area contributed by atoms with Crippen LogP contribution in [0.2, 0.25) is 0 Å². The van der Waals surface area contributed by atoms with Gasteiger partial charge in [0.05, 0.1) is 22.7 Å². The van der Waals surface area contributed by atoms with Gasteiger partial charge in [0, 0.05) is 12.8 Å². The first-order valence-corrected chi connectivity index (χ1v) is 13.6. The number of nitrogens with two attached hydrogens (primary N) is 4. The molecule has 0 unspecified atom stereocenters. The molecule has 38 heavy (non-hydrogen) atoms. The average molecular weight is 504 g/mol. The molecule has 0 saturated carbocycles. The summed E-state index contributed by atoms with van der Waals surface area (Å²) in [5, 5.41) is 0. The maximum absolute atomic E-state index is 6.82. The lowest BCUT2D eigenvalue weighted by Crippen LogP contribution is -2.15. The van der Waals surface area contributed by atoms with Gasteiger partial charge < -0.3 is 27.8 Å². The molecule has 0 atom stereocenters. The summed E-state index contributed by atoms with van der Waals surface area (Å²) in [7, 11) is 4.24. The van der Waals surface area contributed by atoms with Crippen molar-refractivity contribution in [3.05, 3.63) is 93.5 Å². The van der Waals surface area contributed by atoms with Gasteiger partial charge in [0.2, 0.25) is 0 Å². The minimum atomic E-state index is 0.698. The molecule has 194 valence electrons. The van der Waals surface area contributed by atoms with Crippen molar-refractivity contribution in [1.29, 1.82) is 0 Å². The Morgan fingerprint density at radius 2 is 1.26 bits per heavy atom. The summed E-state index contributed by atoms with van der Waals surface area (Å²) in [6.07, 6.45) is 5.23. The topological polar surface area (TPSA) is 107 Å². The molecule has 0 heterocycles. The standard InChI is InChI=1S/C33H37N5/c1-38(2)15-7-12-24-25(31(35)33(37)28-17-20-9-4-6-11-23(20)29(24)28)14-13-21-18-26-22-10-5-3-8-19(22)16-27(26)32(36)30(21)34/h3-6,8-11,18H,7,12-17,34-37H2,1-2H3. The normalized spacial score (nSPS) is 12.9. The zero-order chi connectivity index (χ0) is 26.6. The van der Waals surface area contributed by atoms with E-state index in [4.69, 9.17) is 22.9 Å². The van der Waals surface area contributed by atoms with Gasteiger partial charge in [-0.05, 0) is 114 Å². The van der Waals surface area contributed by atoms with E-state index >= 15 is 0 Å². The van der Waals surface area contributed by atoms with Gasteiger partial charge in [0.1, 0.15) is 0 Å². The van der Waals surface area contributed by atoms with Crippen molar-refractivity contribution in [2.45, 2.75) is 38.5 Å². The van der Waals surface area contributed by atoms with Gasteiger partial charge in [-0.1, -0.05) is 48.5 Å². The lowest BCUT2D eigenvalue weighted by Gasteiger charge is -2.22. The molecule has 2 aliphatic carbocycles. The van der Waals surface area contributed by atoms with Crippen LogP contribution in [0.3, 0.4) is 0 Å². The van der Waals surface area contributed by atoms with Gasteiger partial charge >= 0.3 is 0 Å². The molecule has 0 fully saturated rings. The van der Waals surface area contributed by atoms with Crippen LogP contribution >= 0.6 is 0 Å². The second kappa shape index (κ2) is 9.41. The number of aryl methyl sites for hydroxylation is 1. The second-order valence-electron chi connectivity index (χ2n) is 11.1. The predicted molar refractivity (Wildman–Crippen MR) is 161 cm³/mol. The van der Waals surface area contributed by atoms with Crippen LogP contribution in [0.15, 0.2) is 54.6 Å². The van der Waals surface area contributed by atoms with E-state index in [1.807, 2.05) is 0 Å². The fourth-order valence-electron chi connectivity index (χ4n) is 6.55. The first-order chi connectivity index (χ1) is 18.3. The van der Waals surface area contributed by atoms with Crippen LogP contribution in [-0.2, 0) is 32.1 Å². The molecule has 2 aliphatic rings. The van der Waals surface area contributed by atoms with Crippen molar-refractivity contribution in [3.63, 3.8) is 0 Å². The number of nitrogen functional groups attached to an aromatic ring is 4. The molecule has 0 aromatic heterocycles. The monoisotopic (exact) mass is 503 g/mol. The molecule has 0 saturated heterocycles. The largest absolute Gasteiger partial charge is 0.397 e. The summed E-state index contributed by atoms with van der Waals surface area (Å²) in [5.41, 5.74) is 43.3. The van der Waals surface area contributed by atoms with Crippen molar-refractivity contribution in [2.24, 2.45) is 0 Å². The van der Waals surface area contributed by atoms with Crippen LogP contribution in [-0.4, -0.2) is 25.5 Å². The van der Waals surface area contributed by atoms with Gasteiger partial charge in [-0.15, -0.1) is 0 Å². The van der Waals surface area contributed by atoms with Gasteiger partial charge in [0.25, 0.3) is 0 Å². The molecule has 5 nitrogen and oxygen atoms in total. The Morgan fingerprint density at radius 1 is 0.632 bits per heavy atom. The van der Waals surface area contributed by atoms with Gasteiger partial charge in [-0.2, -0.15) is 0 Å². The summed E-state index contributed by atoms with van der Waals surface area (Å²) in [6, 6.07) is 19.4. The maximum atomic E-state index is 6.82. The van der Waals surface area contributed by atoms with Crippen molar-refractivity contribution < 1.29 is 0 Å². The quantitative estimate of drug-likeness (QED) is 0.217. The third-order valence-corrected chi connectivity index (χ3v) is 8.52. The number of benzene rings is 4. The third kappa shape index (κ3) is 3.89. The van der Waals surface area contributed by atoms with Crippen LogP contribution in [0.25, 0.3) is 22.3 Å². The number of nitrogens with zero attached hydrogens (tertiary/aromatic N) is 1. The van der Waals surface area contributed by atoms with E-state index in [1.165, 1.54) is 44.5 Å². The molecule has 5 heteroatoms. The molecule has 0 amide bonds. The predicted octanol–water partition coefficient (Wildman–Crippen LogP) is 5.44. The summed E-state index contributed by atoms with van der Waals surface area (Å²) < 4.78 is 0. The van der Waals surface area contributed by atoms with Crippen LogP contribution in [0.4, 0.5) is 22.7 Å². The van der Waals surface area contributed by atoms with Gasteiger partial charge in [0.15, 0.2) is 0 Å². The molecule has 0 aliphatic heterocycles. The molecule has 0 radical (unpaired) electrons. The molecule has 4 aromatic rings. The number of anilines is 4. The lowest BCUT2D eigenvalue weighted by atomic mass is 9.86. The van der Waals surface area contributed by atoms with E-state index in [-0.39, 0.29) is 0 Å². The second-order valence-corrected chi connectivity index (χ2v) is 11.1. The average Bonchev–Trinajstić information content (AvgIpc) is 3.48. The SMILES string of the molecule is CN(C)CCCc1c(CCc2cc3c(c(N)c2N)Cc2ccccc2-3)c(N)c(N)c2c1-c1ccccc1C2. The zero-order valence-corrected chi connectivity index (χ0v) is 22.4. The molecule has 6 rings (SSSR count). The van der Waals surface area contributed by atoms with E-state index < -0.39 is 0 Å². The van der Waals surface area contributed by atoms with E-state index in [0.29, 0.717) is 5.69 Å². The minimum absolute atomic E-state index is 0.698. The highest BCUT2D eigenvalue weighted by Crippen LogP contribution is 2.47. The fraction of sp³-hybridized carbons (Fsp3) is 0.273. The van der Waals surface area contributed by atoms with Gasteiger partial charge in [-0.25, -0.2) is 0 Å². The number of rotatable bonds is 7. The summed E-state index contributed by atoms with van der Waals surface area (Å²) in [5.74, 6) is 0. The van der Waals surface area contributed by atoms with Crippen LogP contribution in [0, 0.1) is 0 Å². The highest BCUT2D eigenvalue weighted by molar-refractivity contribution is 5.91. The van der Waals surface area contributed by atoms with E-state index in [0.717, 1.165) is 78.8 Å². The fourth-order valence-corrected chi connectivity index (χ4v) is 6.55. The highest BCUT2D eigenvalue weighted by Gasteiger charge is 2.28. The molecule has 0 spiro atoms. The Bertz CT molecular complexity index is 1570. The number of fused-ring (bicyclic) bond motifs is 6.